The van der Waals surface area contributed by atoms with Gasteiger partial charge in [0, 0.05) is 89.0 Å². The summed E-state index contributed by atoms with van der Waals surface area (Å²) in [7, 11) is 0. The molecule has 1 aromatic carbocycles. The van der Waals surface area contributed by atoms with E-state index in [-0.39, 0.29) is 5.75 Å². The van der Waals surface area contributed by atoms with Gasteiger partial charge in [0.05, 0.1) is 13.1 Å². The Bertz CT molecular complexity index is 610. The standard InChI is InChI=1S/C21H34N6O/c1-18-14-19(16-24-6-12-26-8-2-22-3-9-26)21(28)20(15-18)17-25-7-13-27-10-4-23-5-11-27/h14-17,22-23,28H,2-13H2,1H3. The molecule has 2 heterocycles. The first-order valence-electron chi connectivity index (χ1n) is 10.4. The normalized spacial score (nSPS) is 19.8. The molecular formula is C21H34N6O. The highest BCUT2D eigenvalue weighted by Crippen LogP contribution is 2.22. The Hall–Kier alpha value is -1.80. The highest BCUT2D eigenvalue weighted by atomic mass is 16.3. The van der Waals surface area contributed by atoms with Gasteiger partial charge in [-0.15, -0.1) is 0 Å². The van der Waals surface area contributed by atoms with Crippen LogP contribution in [0.25, 0.3) is 0 Å². The van der Waals surface area contributed by atoms with E-state index in [0.29, 0.717) is 0 Å². The molecule has 0 saturated carbocycles. The van der Waals surface area contributed by atoms with Crippen LogP contribution in [-0.4, -0.2) is 106 Å². The lowest BCUT2D eigenvalue weighted by molar-refractivity contribution is 0.248. The first kappa shape index (κ1) is 20.9. The van der Waals surface area contributed by atoms with Crippen molar-refractivity contribution < 1.29 is 5.11 Å². The largest absolute Gasteiger partial charge is 0.507 e. The zero-order chi connectivity index (χ0) is 19.6. The minimum absolute atomic E-state index is 0.266. The molecule has 2 aliphatic rings. The maximum atomic E-state index is 10.6. The van der Waals surface area contributed by atoms with E-state index in [1.165, 1.54) is 0 Å². The molecule has 0 atom stereocenters. The summed E-state index contributed by atoms with van der Waals surface area (Å²) in [6.07, 6.45) is 3.59. The van der Waals surface area contributed by atoms with Crippen molar-refractivity contribution in [2.24, 2.45) is 9.98 Å². The number of nitrogens with one attached hydrogen (secondary N) is 2. The van der Waals surface area contributed by atoms with Gasteiger partial charge in [-0.3, -0.25) is 19.8 Å². The highest BCUT2D eigenvalue weighted by Gasteiger charge is 2.10. The number of phenols is 1. The van der Waals surface area contributed by atoms with E-state index in [2.05, 4.69) is 30.4 Å². The van der Waals surface area contributed by atoms with Crippen molar-refractivity contribution in [3.63, 3.8) is 0 Å². The van der Waals surface area contributed by atoms with Crippen LogP contribution < -0.4 is 10.6 Å². The molecule has 0 unspecified atom stereocenters. The van der Waals surface area contributed by atoms with Crippen molar-refractivity contribution in [2.75, 3.05) is 78.5 Å². The van der Waals surface area contributed by atoms with Gasteiger partial charge in [0.1, 0.15) is 5.75 Å². The van der Waals surface area contributed by atoms with Crippen molar-refractivity contribution in [1.82, 2.24) is 20.4 Å². The fourth-order valence-corrected chi connectivity index (χ4v) is 3.63. The van der Waals surface area contributed by atoms with Gasteiger partial charge in [0.15, 0.2) is 0 Å². The predicted molar refractivity (Wildman–Crippen MR) is 116 cm³/mol. The third kappa shape index (κ3) is 6.67. The monoisotopic (exact) mass is 386 g/mol. The Balaban J connectivity index is 1.51. The number of aryl methyl sites for hydroxylation is 1. The molecule has 3 rings (SSSR count). The van der Waals surface area contributed by atoms with Crippen molar-refractivity contribution in [3.05, 3.63) is 28.8 Å². The van der Waals surface area contributed by atoms with Gasteiger partial charge in [-0.05, 0) is 24.6 Å². The SMILES string of the molecule is Cc1cc(C=NCCN2CCNCC2)c(O)c(C=NCCN2CCNCC2)c1. The van der Waals surface area contributed by atoms with E-state index in [1.54, 1.807) is 12.4 Å². The van der Waals surface area contributed by atoms with E-state index in [0.717, 1.165) is 95.2 Å². The lowest BCUT2D eigenvalue weighted by atomic mass is 10.1. The van der Waals surface area contributed by atoms with E-state index >= 15 is 0 Å². The number of aromatic hydroxyl groups is 1. The molecule has 0 bridgehead atoms. The third-order valence-corrected chi connectivity index (χ3v) is 5.28. The Morgan fingerprint density at radius 1 is 0.857 bits per heavy atom. The quantitative estimate of drug-likeness (QED) is 0.562. The Kier molecular flexibility index (Phi) is 8.42. The van der Waals surface area contributed by atoms with Crippen LogP contribution in [0.4, 0.5) is 0 Å². The van der Waals surface area contributed by atoms with Crippen LogP contribution in [-0.2, 0) is 0 Å². The minimum Gasteiger partial charge on any atom is -0.507 e. The molecule has 0 spiro atoms. The molecular weight excluding hydrogens is 352 g/mol. The molecule has 7 nitrogen and oxygen atoms in total. The van der Waals surface area contributed by atoms with E-state index in [9.17, 15) is 5.11 Å². The van der Waals surface area contributed by atoms with Gasteiger partial charge >= 0.3 is 0 Å². The summed E-state index contributed by atoms with van der Waals surface area (Å²) in [5, 5.41) is 17.3. The lowest BCUT2D eigenvalue weighted by Crippen LogP contribution is -2.44. The molecule has 3 N–H and O–H groups in total. The number of phenolic OH excluding ortho intramolecular Hbond substituents is 1. The first-order chi connectivity index (χ1) is 13.7. The minimum atomic E-state index is 0.266. The van der Waals surface area contributed by atoms with Crippen molar-refractivity contribution in [1.29, 1.82) is 0 Å². The lowest BCUT2D eigenvalue weighted by Gasteiger charge is -2.26. The Labute approximate surface area is 168 Å². The van der Waals surface area contributed by atoms with Crippen molar-refractivity contribution in [3.8, 4) is 5.75 Å². The second-order valence-corrected chi connectivity index (χ2v) is 7.55. The number of rotatable bonds is 8. The summed E-state index contributed by atoms with van der Waals surface area (Å²) in [4.78, 5) is 13.9. The van der Waals surface area contributed by atoms with E-state index in [1.807, 2.05) is 19.1 Å². The summed E-state index contributed by atoms with van der Waals surface area (Å²) in [6, 6.07) is 3.95. The number of hydrogen-bond donors (Lipinski definition) is 3. The molecule has 0 amide bonds. The maximum Gasteiger partial charge on any atom is 0.133 e. The summed E-state index contributed by atoms with van der Waals surface area (Å²) < 4.78 is 0. The molecule has 154 valence electrons. The van der Waals surface area contributed by atoms with Crippen LogP contribution in [0, 0.1) is 6.92 Å². The second-order valence-electron chi connectivity index (χ2n) is 7.55. The molecule has 7 heteroatoms. The smallest absolute Gasteiger partial charge is 0.133 e. The summed E-state index contributed by atoms with van der Waals surface area (Å²) >= 11 is 0. The Morgan fingerprint density at radius 2 is 1.29 bits per heavy atom. The number of hydrogen-bond acceptors (Lipinski definition) is 7. The summed E-state index contributed by atoms with van der Waals surface area (Å²) in [5.74, 6) is 0.266. The molecule has 0 aliphatic carbocycles. The van der Waals surface area contributed by atoms with Crippen LogP contribution in [0.15, 0.2) is 22.1 Å². The Morgan fingerprint density at radius 3 is 1.71 bits per heavy atom. The summed E-state index contributed by atoms with van der Waals surface area (Å²) in [5.41, 5.74) is 2.64. The zero-order valence-corrected chi connectivity index (χ0v) is 17.0. The first-order valence-corrected chi connectivity index (χ1v) is 10.4. The van der Waals surface area contributed by atoms with Gasteiger partial charge < -0.3 is 15.7 Å². The fraction of sp³-hybridized carbons (Fsp3) is 0.619. The van der Waals surface area contributed by atoms with Gasteiger partial charge in [0.25, 0.3) is 0 Å². The molecule has 0 aromatic heterocycles. The molecule has 2 saturated heterocycles. The number of piperazine rings is 2. The van der Waals surface area contributed by atoms with Crippen molar-refractivity contribution in [2.45, 2.75) is 6.92 Å². The molecule has 0 radical (unpaired) electrons. The van der Waals surface area contributed by atoms with E-state index < -0.39 is 0 Å². The fourth-order valence-electron chi connectivity index (χ4n) is 3.63. The molecule has 1 aromatic rings. The van der Waals surface area contributed by atoms with Gasteiger partial charge in [-0.25, -0.2) is 0 Å². The van der Waals surface area contributed by atoms with Gasteiger partial charge in [-0.2, -0.15) is 0 Å². The van der Waals surface area contributed by atoms with Gasteiger partial charge in [-0.1, -0.05) is 0 Å². The van der Waals surface area contributed by atoms with Crippen LogP contribution in [0.1, 0.15) is 16.7 Å². The van der Waals surface area contributed by atoms with Crippen molar-refractivity contribution >= 4 is 12.4 Å². The number of nitrogens with zero attached hydrogens (tertiary/aromatic N) is 4. The van der Waals surface area contributed by atoms with Crippen LogP contribution in [0.5, 0.6) is 5.75 Å². The number of aliphatic imine (C=N–C) groups is 2. The summed E-state index contributed by atoms with van der Waals surface area (Å²) in [6.45, 7) is 14.0. The van der Waals surface area contributed by atoms with E-state index in [4.69, 9.17) is 0 Å². The van der Waals surface area contributed by atoms with Crippen LogP contribution in [0.2, 0.25) is 0 Å². The topological polar surface area (TPSA) is 75.5 Å². The van der Waals surface area contributed by atoms with Crippen LogP contribution in [0.3, 0.4) is 0 Å². The second kappa shape index (κ2) is 11.3. The molecule has 2 fully saturated rings. The molecule has 2 aliphatic heterocycles. The molecule has 28 heavy (non-hydrogen) atoms. The predicted octanol–water partition coefficient (Wildman–Crippen LogP) is 0.349. The highest BCUT2D eigenvalue weighted by molar-refractivity contribution is 5.92. The maximum absolute atomic E-state index is 10.6. The third-order valence-electron chi connectivity index (χ3n) is 5.28. The van der Waals surface area contributed by atoms with Gasteiger partial charge in [0.2, 0.25) is 0 Å². The zero-order valence-electron chi connectivity index (χ0n) is 17.0. The number of benzene rings is 1. The average Bonchev–Trinajstić information content (AvgIpc) is 2.73. The van der Waals surface area contributed by atoms with Crippen LogP contribution >= 0.6 is 0 Å². The average molecular weight is 387 g/mol.